The van der Waals surface area contributed by atoms with Gasteiger partial charge in [0.05, 0.1) is 5.01 Å². The molecule has 2 rings (SSSR count). The Morgan fingerprint density at radius 2 is 2.53 bits per heavy atom. The van der Waals surface area contributed by atoms with Gasteiger partial charge in [0.2, 0.25) is 0 Å². The van der Waals surface area contributed by atoms with Crippen LogP contribution in [0.2, 0.25) is 0 Å². The molecule has 1 aliphatic heterocycles. The van der Waals surface area contributed by atoms with Gasteiger partial charge in [0, 0.05) is 36.8 Å². The second kappa shape index (κ2) is 5.05. The van der Waals surface area contributed by atoms with E-state index in [9.17, 15) is 0 Å². The fourth-order valence-electron chi connectivity index (χ4n) is 2.13. The first-order chi connectivity index (χ1) is 7.28. The fraction of sp³-hybridized carbons (Fsp3) is 0.727. The van der Waals surface area contributed by atoms with Crippen LogP contribution >= 0.6 is 11.3 Å². The van der Waals surface area contributed by atoms with E-state index in [1.807, 2.05) is 17.5 Å². The van der Waals surface area contributed by atoms with Crippen LogP contribution in [0.25, 0.3) is 0 Å². The Balaban J connectivity index is 1.82. The zero-order valence-corrected chi connectivity index (χ0v) is 10.3. The molecule has 1 N–H and O–H groups in total. The Labute approximate surface area is 95.5 Å². The third-order valence-electron chi connectivity index (χ3n) is 2.81. The van der Waals surface area contributed by atoms with Crippen LogP contribution in [0.1, 0.15) is 23.2 Å². The Kier molecular flexibility index (Phi) is 3.72. The van der Waals surface area contributed by atoms with Crippen molar-refractivity contribution < 1.29 is 0 Å². The molecule has 1 aromatic heterocycles. The molecule has 0 aliphatic carbocycles. The first-order valence-electron chi connectivity index (χ1n) is 5.65. The van der Waals surface area contributed by atoms with E-state index >= 15 is 0 Å². The second-order valence-electron chi connectivity index (χ2n) is 4.12. The zero-order chi connectivity index (χ0) is 10.7. The third kappa shape index (κ3) is 3.00. The molecular formula is C11H19N3S. The highest BCUT2D eigenvalue weighted by atomic mass is 32.1. The van der Waals surface area contributed by atoms with Gasteiger partial charge in [0.1, 0.15) is 0 Å². The van der Waals surface area contributed by atoms with E-state index in [-0.39, 0.29) is 0 Å². The molecule has 15 heavy (non-hydrogen) atoms. The first-order valence-corrected chi connectivity index (χ1v) is 6.46. The van der Waals surface area contributed by atoms with Crippen molar-refractivity contribution >= 4 is 11.3 Å². The lowest BCUT2D eigenvalue weighted by atomic mass is 10.3. The smallest absolute Gasteiger partial charge is 0.0897 e. The molecule has 4 heteroatoms. The molecule has 0 aromatic carbocycles. The first kappa shape index (κ1) is 11.0. The lowest BCUT2D eigenvalue weighted by molar-refractivity contribution is 0.323. The van der Waals surface area contributed by atoms with Crippen LogP contribution in [-0.4, -0.2) is 35.6 Å². The van der Waals surface area contributed by atoms with Crippen molar-refractivity contribution in [3.8, 4) is 0 Å². The van der Waals surface area contributed by atoms with E-state index in [1.165, 1.54) is 29.4 Å². The highest BCUT2D eigenvalue weighted by Gasteiger charge is 2.21. The highest BCUT2D eigenvalue weighted by molar-refractivity contribution is 7.11. The van der Waals surface area contributed by atoms with E-state index in [1.54, 1.807) is 0 Å². The summed E-state index contributed by atoms with van der Waals surface area (Å²) in [6.07, 6.45) is 3.30. The van der Waals surface area contributed by atoms with Crippen molar-refractivity contribution in [1.82, 2.24) is 15.2 Å². The van der Waals surface area contributed by atoms with Crippen LogP contribution in [0.3, 0.4) is 0 Å². The van der Waals surface area contributed by atoms with Gasteiger partial charge in [-0.15, -0.1) is 11.3 Å². The van der Waals surface area contributed by atoms with Gasteiger partial charge in [-0.2, -0.15) is 0 Å². The molecule has 0 radical (unpaired) electrons. The SMILES string of the molecule is CCNC1CCN(Cc2cnc(C)s2)C1. The highest BCUT2D eigenvalue weighted by Crippen LogP contribution is 2.17. The molecule has 0 saturated carbocycles. The summed E-state index contributed by atoms with van der Waals surface area (Å²) in [6.45, 7) is 8.81. The molecule has 1 atom stereocenters. The summed E-state index contributed by atoms with van der Waals surface area (Å²) in [5.74, 6) is 0. The van der Waals surface area contributed by atoms with Crippen molar-refractivity contribution in [3.63, 3.8) is 0 Å². The molecule has 1 aliphatic rings. The van der Waals surface area contributed by atoms with Crippen molar-refractivity contribution in [3.05, 3.63) is 16.1 Å². The normalized spacial score (nSPS) is 22.4. The molecule has 2 heterocycles. The molecule has 84 valence electrons. The van der Waals surface area contributed by atoms with Crippen molar-refractivity contribution in [2.75, 3.05) is 19.6 Å². The molecule has 0 bridgehead atoms. The molecule has 1 aromatic rings. The summed E-state index contributed by atoms with van der Waals surface area (Å²) in [6, 6.07) is 0.698. The van der Waals surface area contributed by atoms with E-state index in [4.69, 9.17) is 0 Å². The number of hydrogen-bond acceptors (Lipinski definition) is 4. The van der Waals surface area contributed by atoms with E-state index in [0.717, 1.165) is 13.1 Å². The van der Waals surface area contributed by atoms with Gasteiger partial charge < -0.3 is 5.32 Å². The number of hydrogen-bond donors (Lipinski definition) is 1. The van der Waals surface area contributed by atoms with Gasteiger partial charge in [-0.05, 0) is 19.9 Å². The summed E-state index contributed by atoms with van der Waals surface area (Å²) in [5, 5.41) is 4.69. The molecule has 1 unspecified atom stereocenters. The van der Waals surface area contributed by atoms with Gasteiger partial charge in [0.25, 0.3) is 0 Å². The lowest BCUT2D eigenvalue weighted by Gasteiger charge is -2.14. The lowest BCUT2D eigenvalue weighted by Crippen LogP contribution is -2.31. The number of aromatic nitrogens is 1. The molecule has 1 saturated heterocycles. The topological polar surface area (TPSA) is 28.2 Å². The predicted octanol–water partition coefficient (Wildman–Crippen LogP) is 1.64. The van der Waals surface area contributed by atoms with Crippen LogP contribution in [-0.2, 0) is 6.54 Å². The molecule has 1 fully saturated rings. The molecular weight excluding hydrogens is 206 g/mol. The number of rotatable bonds is 4. The van der Waals surface area contributed by atoms with Gasteiger partial charge >= 0.3 is 0 Å². The average molecular weight is 225 g/mol. The van der Waals surface area contributed by atoms with Crippen molar-refractivity contribution in [2.45, 2.75) is 32.9 Å². The summed E-state index contributed by atoms with van der Waals surface area (Å²) in [7, 11) is 0. The van der Waals surface area contributed by atoms with Crippen LogP contribution < -0.4 is 5.32 Å². The van der Waals surface area contributed by atoms with Crippen LogP contribution in [0.4, 0.5) is 0 Å². The number of likely N-dealkylation sites (tertiary alicyclic amines) is 1. The Bertz CT molecular complexity index is 311. The predicted molar refractivity (Wildman–Crippen MR) is 64.2 cm³/mol. The number of likely N-dealkylation sites (N-methyl/N-ethyl adjacent to an activating group) is 1. The van der Waals surface area contributed by atoms with E-state index < -0.39 is 0 Å². The summed E-state index contributed by atoms with van der Waals surface area (Å²) in [5.41, 5.74) is 0. The summed E-state index contributed by atoms with van der Waals surface area (Å²) < 4.78 is 0. The van der Waals surface area contributed by atoms with Gasteiger partial charge in [-0.3, -0.25) is 4.90 Å². The summed E-state index contributed by atoms with van der Waals surface area (Å²) in [4.78, 5) is 8.20. The second-order valence-corrected chi connectivity index (χ2v) is 5.44. The minimum Gasteiger partial charge on any atom is -0.313 e. The van der Waals surface area contributed by atoms with Crippen LogP contribution in [0.5, 0.6) is 0 Å². The quantitative estimate of drug-likeness (QED) is 0.844. The van der Waals surface area contributed by atoms with Gasteiger partial charge in [-0.25, -0.2) is 4.98 Å². The molecule has 3 nitrogen and oxygen atoms in total. The monoisotopic (exact) mass is 225 g/mol. The number of aryl methyl sites for hydroxylation is 1. The Morgan fingerprint density at radius 3 is 3.20 bits per heavy atom. The fourth-order valence-corrected chi connectivity index (χ4v) is 2.97. The minimum absolute atomic E-state index is 0.698. The van der Waals surface area contributed by atoms with Crippen LogP contribution in [0, 0.1) is 6.92 Å². The summed E-state index contributed by atoms with van der Waals surface area (Å²) >= 11 is 1.82. The van der Waals surface area contributed by atoms with Gasteiger partial charge in [0.15, 0.2) is 0 Å². The van der Waals surface area contributed by atoms with E-state index in [2.05, 4.69) is 29.0 Å². The third-order valence-corrected chi connectivity index (χ3v) is 3.71. The minimum atomic E-state index is 0.698. The van der Waals surface area contributed by atoms with Crippen molar-refractivity contribution in [2.24, 2.45) is 0 Å². The van der Waals surface area contributed by atoms with Crippen molar-refractivity contribution in [1.29, 1.82) is 0 Å². The maximum atomic E-state index is 4.29. The number of thiazole rings is 1. The maximum absolute atomic E-state index is 4.29. The van der Waals surface area contributed by atoms with E-state index in [0.29, 0.717) is 6.04 Å². The largest absolute Gasteiger partial charge is 0.313 e. The van der Waals surface area contributed by atoms with Gasteiger partial charge in [-0.1, -0.05) is 6.92 Å². The molecule has 0 spiro atoms. The number of nitrogens with one attached hydrogen (secondary N) is 1. The average Bonchev–Trinajstić information content (AvgIpc) is 2.78. The Hall–Kier alpha value is -0.450. The maximum Gasteiger partial charge on any atom is 0.0897 e. The zero-order valence-electron chi connectivity index (χ0n) is 9.49. The Morgan fingerprint density at radius 1 is 1.67 bits per heavy atom. The molecule has 0 amide bonds. The van der Waals surface area contributed by atoms with Crippen LogP contribution in [0.15, 0.2) is 6.20 Å². The number of nitrogens with zero attached hydrogens (tertiary/aromatic N) is 2. The standard InChI is InChI=1S/C11H19N3S/c1-3-12-10-4-5-14(7-10)8-11-6-13-9(2)15-11/h6,10,12H,3-5,7-8H2,1-2H3.